The topological polar surface area (TPSA) is 28.2 Å². The van der Waals surface area contributed by atoms with E-state index in [2.05, 4.69) is 41.4 Å². The molecule has 1 aromatic heterocycles. The van der Waals surface area contributed by atoms with Crippen molar-refractivity contribution in [2.75, 3.05) is 20.6 Å². The van der Waals surface area contributed by atoms with Crippen molar-refractivity contribution in [1.29, 1.82) is 0 Å². The van der Waals surface area contributed by atoms with Gasteiger partial charge in [0, 0.05) is 25.3 Å². The fourth-order valence-corrected chi connectivity index (χ4v) is 2.87. The summed E-state index contributed by atoms with van der Waals surface area (Å²) in [6.07, 6.45) is 5.93. The van der Waals surface area contributed by atoms with Gasteiger partial charge in [0.25, 0.3) is 0 Å². The minimum Gasteiger partial charge on any atom is -0.317 e. The Labute approximate surface area is 104 Å². The number of hydrogen-bond donors (Lipinski definition) is 1. The van der Waals surface area contributed by atoms with Crippen molar-refractivity contribution in [3.05, 3.63) is 30.1 Å². The predicted molar refractivity (Wildman–Crippen MR) is 70.8 cm³/mol. The Morgan fingerprint density at radius 3 is 3.00 bits per heavy atom. The molecule has 1 fully saturated rings. The van der Waals surface area contributed by atoms with Crippen molar-refractivity contribution in [3.63, 3.8) is 0 Å². The molecule has 0 bridgehead atoms. The summed E-state index contributed by atoms with van der Waals surface area (Å²) in [7, 11) is 4.28. The first-order chi connectivity index (χ1) is 8.29. The highest BCUT2D eigenvalue weighted by atomic mass is 15.1. The molecule has 1 heterocycles. The van der Waals surface area contributed by atoms with Crippen LogP contribution < -0.4 is 5.32 Å². The third-order valence-electron chi connectivity index (χ3n) is 3.73. The van der Waals surface area contributed by atoms with Crippen LogP contribution in [0.25, 0.3) is 0 Å². The summed E-state index contributed by atoms with van der Waals surface area (Å²) < 4.78 is 0. The Morgan fingerprint density at radius 2 is 2.29 bits per heavy atom. The minimum atomic E-state index is 0.709. The van der Waals surface area contributed by atoms with Gasteiger partial charge < -0.3 is 10.2 Å². The van der Waals surface area contributed by atoms with Gasteiger partial charge in [0.05, 0.1) is 5.69 Å². The second kappa shape index (κ2) is 6.12. The zero-order valence-electron chi connectivity index (χ0n) is 10.9. The van der Waals surface area contributed by atoms with Crippen LogP contribution in [0.5, 0.6) is 0 Å². The van der Waals surface area contributed by atoms with Crippen LogP contribution in [0.3, 0.4) is 0 Å². The highest BCUT2D eigenvalue weighted by molar-refractivity contribution is 5.03. The van der Waals surface area contributed by atoms with Crippen LogP contribution in [0.15, 0.2) is 24.4 Å². The Bertz CT molecular complexity index is 325. The highest BCUT2D eigenvalue weighted by Gasteiger charge is 2.26. The van der Waals surface area contributed by atoms with Crippen LogP contribution in [-0.2, 0) is 6.54 Å². The minimum absolute atomic E-state index is 0.709. The number of aromatic nitrogens is 1. The third-order valence-corrected chi connectivity index (χ3v) is 3.73. The lowest BCUT2D eigenvalue weighted by atomic mass is 10.0. The van der Waals surface area contributed by atoms with Gasteiger partial charge in [-0.25, -0.2) is 0 Å². The standard InChI is InChI=1S/C14H23N3/c1-15-14-8-5-6-12(14)10-17(2)11-13-7-3-4-9-16-13/h3-4,7,9,12,14-15H,5-6,8,10-11H2,1-2H3. The first-order valence-electron chi connectivity index (χ1n) is 6.55. The molecule has 1 N–H and O–H groups in total. The molecular weight excluding hydrogens is 210 g/mol. The van der Waals surface area contributed by atoms with Gasteiger partial charge in [-0.15, -0.1) is 0 Å². The second-order valence-corrected chi connectivity index (χ2v) is 5.10. The van der Waals surface area contributed by atoms with E-state index in [0.29, 0.717) is 6.04 Å². The summed E-state index contributed by atoms with van der Waals surface area (Å²) in [5.41, 5.74) is 1.16. The van der Waals surface area contributed by atoms with Crippen molar-refractivity contribution >= 4 is 0 Å². The SMILES string of the molecule is CNC1CCCC1CN(C)Cc1ccccn1. The Kier molecular flexibility index (Phi) is 4.51. The zero-order chi connectivity index (χ0) is 12.1. The lowest BCUT2D eigenvalue weighted by Gasteiger charge is -2.25. The van der Waals surface area contributed by atoms with E-state index >= 15 is 0 Å². The van der Waals surface area contributed by atoms with Crippen LogP contribution in [-0.4, -0.2) is 36.6 Å². The molecule has 0 saturated heterocycles. The van der Waals surface area contributed by atoms with E-state index in [0.717, 1.165) is 18.2 Å². The molecule has 94 valence electrons. The number of rotatable bonds is 5. The quantitative estimate of drug-likeness (QED) is 0.842. The van der Waals surface area contributed by atoms with Crippen LogP contribution >= 0.6 is 0 Å². The fourth-order valence-electron chi connectivity index (χ4n) is 2.87. The first-order valence-corrected chi connectivity index (χ1v) is 6.55. The van der Waals surface area contributed by atoms with E-state index in [1.165, 1.54) is 25.8 Å². The molecule has 1 aliphatic rings. The Hall–Kier alpha value is -0.930. The summed E-state index contributed by atoms with van der Waals surface area (Å²) in [6.45, 7) is 2.12. The Morgan fingerprint density at radius 1 is 1.41 bits per heavy atom. The molecule has 1 saturated carbocycles. The van der Waals surface area contributed by atoms with Gasteiger partial charge in [-0.2, -0.15) is 0 Å². The largest absolute Gasteiger partial charge is 0.317 e. The molecule has 1 aliphatic carbocycles. The average molecular weight is 233 g/mol. The molecule has 3 nitrogen and oxygen atoms in total. The van der Waals surface area contributed by atoms with E-state index in [-0.39, 0.29) is 0 Å². The van der Waals surface area contributed by atoms with Gasteiger partial charge in [0.2, 0.25) is 0 Å². The van der Waals surface area contributed by atoms with E-state index in [1.54, 1.807) is 0 Å². The molecule has 0 aromatic carbocycles. The number of nitrogens with zero attached hydrogens (tertiary/aromatic N) is 2. The van der Waals surface area contributed by atoms with Crippen molar-refractivity contribution < 1.29 is 0 Å². The molecule has 1 aromatic rings. The summed E-state index contributed by atoms with van der Waals surface area (Å²) in [4.78, 5) is 6.77. The van der Waals surface area contributed by atoms with Crippen molar-refractivity contribution in [1.82, 2.24) is 15.2 Å². The van der Waals surface area contributed by atoms with E-state index < -0.39 is 0 Å². The summed E-state index contributed by atoms with van der Waals surface area (Å²) in [6, 6.07) is 6.83. The van der Waals surface area contributed by atoms with Crippen LogP contribution in [0.2, 0.25) is 0 Å². The van der Waals surface area contributed by atoms with Gasteiger partial charge >= 0.3 is 0 Å². The number of pyridine rings is 1. The third kappa shape index (κ3) is 3.51. The zero-order valence-corrected chi connectivity index (χ0v) is 10.9. The second-order valence-electron chi connectivity index (χ2n) is 5.10. The number of nitrogens with one attached hydrogen (secondary N) is 1. The molecule has 0 radical (unpaired) electrons. The average Bonchev–Trinajstić information content (AvgIpc) is 2.77. The van der Waals surface area contributed by atoms with Crippen molar-refractivity contribution in [3.8, 4) is 0 Å². The van der Waals surface area contributed by atoms with E-state index in [9.17, 15) is 0 Å². The van der Waals surface area contributed by atoms with Crippen molar-refractivity contribution in [2.45, 2.75) is 31.8 Å². The molecule has 0 amide bonds. The molecule has 2 rings (SSSR count). The maximum absolute atomic E-state index is 4.38. The molecule has 0 spiro atoms. The van der Waals surface area contributed by atoms with Gasteiger partial charge in [0.15, 0.2) is 0 Å². The monoisotopic (exact) mass is 233 g/mol. The molecule has 2 atom stereocenters. The first kappa shape index (κ1) is 12.5. The number of hydrogen-bond acceptors (Lipinski definition) is 3. The molecule has 0 aliphatic heterocycles. The summed E-state index contributed by atoms with van der Waals surface area (Å²) in [5.74, 6) is 0.800. The molecule has 17 heavy (non-hydrogen) atoms. The molecular formula is C14H23N3. The van der Waals surface area contributed by atoms with Crippen LogP contribution in [0.4, 0.5) is 0 Å². The fraction of sp³-hybridized carbons (Fsp3) is 0.643. The summed E-state index contributed by atoms with van der Waals surface area (Å²) in [5, 5.41) is 3.44. The van der Waals surface area contributed by atoms with Gasteiger partial charge in [-0.1, -0.05) is 12.5 Å². The van der Waals surface area contributed by atoms with Crippen molar-refractivity contribution in [2.24, 2.45) is 5.92 Å². The maximum Gasteiger partial charge on any atom is 0.0543 e. The normalized spacial score (nSPS) is 24.4. The lowest BCUT2D eigenvalue weighted by molar-refractivity contribution is 0.247. The van der Waals surface area contributed by atoms with E-state index in [1.807, 2.05) is 12.3 Å². The van der Waals surface area contributed by atoms with Gasteiger partial charge in [-0.3, -0.25) is 4.98 Å². The lowest BCUT2D eigenvalue weighted by Crippen LogP contribution is -2.36. The molecule has 3 heteroatoms. The van der Waals surface area contributed by atoms with Gasteiger partial charge in [-0.05, 0) is 45.0 Å². The van der Waals surface area contributed by atoms with Gasteiger partial charge in [0.1, 0.15) is 0 Å². The smallest absolute Gasteiger partial charge is 0.0543 e. The van der Waals surface area contributed by atoms with Crippen LogP contribution in [0.1, 0.15) is 25.0 Å². The van der Waals surface area contributed by atoms with E-state index in [4.69, 9.17) is 0 Å². The Balaban J connectivity index is 1.83. The predicted octanol–water partition coefficient (Wildman–Crippen LogP) is 1.90. The molecule has 2 unspecified atom stereocenters. The summed E-state index contributed by atoms with van der Waals surface area (Å²) >= 11 is 0. The highest BCUT2D eigenvalue weighted by Crippen LogP contribution is 2.26. The van der Waals surface area contributed by atoms with Crippen LogP contribution in [0, 0.1) is 5.92 Å². The maximum atomic E-state index is 4.38.